The predicted octanol–water partition coefficient (Wildman–Crippen LogP) is 3.92. The van der Waals surface area contributed by atoms with Crippen LogP contribution in [0, 0.1) is 6.92 Å². The molecule has 3 aromatic rings. The fraction of sp³-hybridized carbons (Fsp3) is 0.211. The van der Waals surface area contributed by atoms with Gasteiger partial charge in [-0.05, 0) is 43.2 Å². The molecule has 24 heavy (non-hydrogen) atoms. The summed E-state index contributed by atoms with van der Waals surface area (Å²) in [4.78, 5) is 11.9. The minimum Gasteiger partial charge on any atom is -0.508 e. The van der Waals surface area contributed by atoms with Crippen molar-refractivity contribution in [3.05, 3.63) is 58.8 Å². The second-order valence-electron chi connectivity index (χ2n) is 5.57. The van der Waals surface area contributed by atoms with Crippen molar-refractivity contribution >= 4 is 16.9 Å². The number of carbonyl (C=O) groups excluding carboxylic acids is 1. The third-order valence-corrected chi connectivity index (χ3v) is 3.94. The summed E-state index contributed by atoms with van der Waals surface area (Å²) in [5.41, 5.74) is 2.68. The third-order valence-electron chi connectivity index (χ3n) is 3.94. The van der Waals surface area contributed by atoms with Crippen LogP contribution in [0.2, 0.25) is 0 Å². The highest BCUT2D eigenvalue weighted by atomic mass is 16.5. The van der Waals surface area contributed by atoms with Crippen molar-refractivity contribution in [2.45, 2.75) is 20.3 Å². The molecule has 0 aliphatic rings. The van der Waals surface area contributed by atoms with Gasteiger partial charge in [0, 0.05) is 12.0 Å². The highest BCUT2D eigenvalue weighted by molar-refractivity contribution is 5.98. The van der Waals surface area contributed by atoms with Gasteiger partial charge in [0.25, 0.3) is 0 Å². The first-order valence-corrected chi connectivity index (χ1v) is 7.70. The van der Waals surface area contributed by atoms with E-state index in [4.69, 9.17) is 9.15 Å². The molecule has 2 aromatic carbocycles. The van der Waals surface area contributed by atoms with Crippen molar-refractivity contribution in [1.82, 2.24) is 0 Å². The molecule has 0 unspecified atom stereocenters. The Balaban J connectivity index is 2.02. The van der Waals surface area contributed by atoms with E-state index in [1.807, 2.05) is 0 Å². The quantitative estimate of drug-likeness (QED) is 0.710. The van der Waals surface area contributed by atoms with Crippen LogP contribution in [-0.2, 0) is 11.2 Å². The van der Waals surface area contributed by atoms with E-state index in [9.17, 15) is 15.0 Å². The van der Waals surface area contributed by atoms with Gasteiger partial charge in [0.15, 0.2) is 0 Å². The molecule has 1 aromatic heterocycles. The van der Waals surface area contributed by atoms with E-state index in [-0.39, 0.29) is 23.9 Å². The minimum absolute atomic E-state index is 0.0948. The highest BCUT2D eigenvalue weighted by Gasteiger charge is 2.22. The van der Waals surface area contributed by atoms with Gasteiger partial charge >= 0.3 is 5.97 Å². The second kappa shape index (κ2) is 6.28. The highest BCUT2D eigenvalue weighted by Crippen LogP contribution is 2.36. The molecule has 0 spiro atoms. The Kier molecular flexibility index (Phi) is 4.16. The largest absolute Gasteiger partial charge is 0.508 e. The van der Waals surface area contributed by atoms with E-state index < -0.39 is 5.97 Å². The number of phenols is 2. The average molecular weight is 326 g/mol. The van der Waals surface area contributed by atoms with E-state index in [1.54, 1.807) is 50.2 Å². The number of ether oxygens (including phenoxy) is 1. The van der Waals surface area contributed by atoms with E-state index in [0.717, 1.165) is 5.56 Å². The maximum Gasteiger partial charge on any atom is 0.374 e. The molecule has 0 aliphatic carbocycles. The number of carbonyl (C=O) groups is 1. The van der Waals surface area contributed by atoms with Crippen molar-refractivity contribution in [3.8, 4) is 11.5 Å². The van der Waals surface area contributed by atoms with Gasteiger partial charge in [-0.25, -0.2) is 4.79 Å². The maximum absolute atomic E-state index is 11.9. The molecule has 0 saturated heterocycles. The van der Waals surface area contributed by atoms with E-state index in [2.05, 4.69) is 0 Å². The van der Waals surface area contributed by atoms with Crippen LogP contribution in [0.15, 0.2) is 40.8 Å². The average Bonchev–Trinajstić information content (AvgIpc) is 2.90. The Morgan fingerprint density at radius 3 is 2.50 bits per heavy atom. The van der Waals surface area contributed by atoms with Gasteiger partial charge in [0.2, 0.25) is 5.76 Å². The SMILES string of the molecule is CCOC(=O)c1oc2ccc(Cc3ccc(O)cc3)c(O)c2c1C. The maximum atomic E-state index is 11.9. The Bertz CT molecular complexity index is 890. The van der Waals surface area contributed by atoms with Crippen molar-refractivity contribution in [1.29, 1.82) is 0 Å². The molecule has 0 bridgehead atoms. The number of benzene rings is 2. The van der Waals surface area contributed by atoms with Crippen LogP contribution in [-0.4, -0.2) is 22.8 Å². The van der Waals surface area contributed by atoms with Gasteiger partial charge in [-0.2, -0.15) is 0 Å². The molecular weight excluding hydrogens is 308 g/mol. The molecule has 0 aliphatic heterocycles. The standard InChI is InChI=1S/C19H18O5/c1-3-23-19(22)18-11(2)16-15(24-18)9-6-13(17(16)21)10-12-4-7-14(20)8-5-12/h4-9,20-21H,3,10H2,1-2H3. The molecule has 2 N–H and O–H groups in total. The summed E-state index contributed by atoms with van der Waals surface area (Å²) in [6.07, 6.45) is 0.501. The number of rotatable bonds is 4. The van der Waals surface area contributed by atoms with Crippen LogP contribution in [0.3, 0.4) is 0 Å². The molecule has 0 saturated carbocycles. The lowest BCUT2D eigenvalue weighted by Gasteiger charge is -2.06. The van der Waals surface area contributed by atoms with Crippen molar-refractivity contribution in [2.24, 2.45) is 0 Å². The zero-order valence-electron chi connectivity index (χ0n) is 13.5. The van der Waals surface area contributed by atoms with Gasteiger partial charge in [0.05, 0.1) is 12.0 Å². The number of hydrogen-bond donors (Lipinski definition) is 2. The lowest BCUT2D eigenvalue weighted by atomic mass is 10.0. The number of fused-ring (bicyclic) bond motifs is 1. The van der Waals surface area contributed by atoms with Crippen molar-refractivity contribution < 1.29 is 24.2 Å². The third kappa shape index (κ3) is 2.80. The Labute approximate surface area is 139 Å². The van der Waals surface area contributed by atoms with E-state index in [0.29, 0.717) is 28.5 Å². The van der Waals surface area contributed by atoms with Crippen LogP contribution in [0.25, 0.3) is 11.0 Å². The summed E-state index contributed by atoms with van der Waals surface area (Å²) in [5.74, 6) is -0.129. The molecular formula is C19H18O5. The monoisotopic (exact) mass is 326 g/mol. The van der Waals surface area contributed by atoms with Gasteiger partial charge in [-0.1, -0.05) is 18.2 Å². The Morgan fingerprint density at radius 1 is 1.12 bits per heavy atom. The Morgan fingerprint density at radius 2 is 1.83 bits per heavy atom. The number of phenolic OH excluding ortho intramolecular Hbond substituents is 2. The van der Waals surface area contributed by atoms with Crippen LogP contribution < -0.4 is 0 Å². The summed E-state index contributed by atoms with van der Waals surface area (Å²) in [5, 5.41) is 20.5. The molecule has 3 rings (SSSR count). The van der Waals surface area contributed by atoms with Crippen LogP contribution >= 0.6 is 0 Å². The summed E-state index contributed by atoms with van der Waals surface area (Å²) in [6, 6.07) is 10.3. The number of esters is 1. The minimum atomic E-state index is -0.536. The number of furan rings is 1. The first-order chi connectivity index (χ1) is 11.5. The van der Waals surface area contributed by atoms with Crippen LogP contribution in [0.1, 0.15) is 34.2 Å². The molecule has 1 heterocycles. The zero-order chi connectivity index (χ0) is 17.3. The number of aromatic hydroxyl groups is 2. The smallest absolute Gasteiger partial charge is 0.374 e. The second-order valence-corrected chi connectivity index (χ2v) is 5.57. The Hall–Kier alpha value is -2.95. The zero-order valence-corrected chi connectivity index (χ0v) is 13.5. The first kappa shape index (κ1) is 15.9. The molecule has 5 heteroatoms. The molecule has 5 nitrogen and oxygen atoms in total. The predicted molar refractivity (Wildman–Crippen MR) is 89.5 cm³/mol. The summed E-state index contributed by atoms with van der Waals surface area (Å²) in [6.45, 7) is 3.71. The fourth-order valence-corrected chi connectivity index (χ4v) is 2.73. The van der Waals surface area contributed by atoms with Gasteiger partial charge in [-0.3, -0.25) is 0 Å². The summed E-state index contributed by atoms with van der Waals surface area (Å²) < 4.78 is 10.5. The molecule has 0 atom stereocenters. The fourth-order valence-electron chi connectivity index (χ4n) is 2.73. The summed E-state index contributed by atoms with van der Waals surface area (Å²) in [7, 11) is 0. The van der Waals surface area contributed by atoms with Crippen LogP contribution in [0.5, 0.6) is 11.5 Å². The first-order valence-electron chi connectivity index (χ1n) is 7.70. The lowest BCUT2D eigenvalue weighted by molar-refractivity contribution is 0.0491. The molecule has 0 radical (unpaired) electrons. The molecule has 0 amide bonds. The topological polar surface area (TPSA) is 79.9 Å². The lowest BCUT2D eigenvalue weighted by Crippen LogP contribution is -2.04. The van der Waals surface area contributed by atoms with Gasteiger partial charge < -0.3 is 19.4 Å². The van der Waals surface area contributed by atoms with Crippen molar-refractivity contribution in [3.63, 3.8) is 0 Å². The molecule has 0 fully saturated rings. The van der Waals surface area contributed by atoms with E-state index in [1.165, 1.54) is 0 Å². The van der Waals surface area contributed by atoms with Gasteiger partial charge in [-0.15, -0.1) is 0 Å². The van der Waals surface area contributed by atoms with Crippen LogP contribution in [0.4, 0.5) is 0 Å². The normalized spacial score (nSPS) is 10.9. The number of hydrogen-bond acceptors (Lipinski definition) is 5. The number of aryl methyl sites for hydroxylation is 1. The van der Waals surface area contributed by atoms with E-state index >= 15 is 0 Å². The summed E-state index contributed by atoms with van der Waals surface area (Å²) >= 11 is 0. The molecule has 124 valence electrons. The van der Waals surface area contributed by atoms with Crippen molar-refractivity contribution in [2.75, 3.05) is 6.61 Å². The van der Waals surface area contributed by atoms with Gasteiger partial charge in [0.1, 0.15) is 17.1 Å².